The summed E-state index contributed by atoms with van der Waals surface area (Å²) in [4.78, 5) is 18.8. The highest BCUT2D eigenvalue weighted by Crippen LogP contribution is 2.23. The number of benzene rings is 1. The fraction of sp³-hybridized carbons (Fsp3) is 0.333. The number of anilines is 2. The summed E-state index contributed by atoms with van der Waals surface area (Å²) in [6.45, 7) is 4.12. The molecule has 1 aromatic carbocycles. The van der Waals surface area contributed by atoms with E-state index in [0.717, 1.165) is 25.3 Å². The van der Waals surface area contributed by atoms with Gasteiger partial charge in [0, 0.05) is 25.3 Å². The van der Waals surface area contributed by atoms with Gasteiger partial charge in [-0.3, -0.25) is 0 Å². The molecule has 0 bridgehead atoms. The molecule has 0 aliphatic carbocycles. The van der Waals surface area contributed by atoms with Crippen LogP contribution in [0.5, 0.6) is 5.75 Å². The minimum Gasteiger partial charge on any atom is -0.492 e. The smallest absolute Gasteiger partial charge is 0.319 e. The van der Waals surface area contributed by atoms with Crippen LogP contribution < -0.4 is 20.3 Å². The van der Waals surface area contributed by atoms with Gasteiger partial charge in [-0.25, -0.2) is 9.78 Å². The zero-order valence-corrected chi connectivity index (χ0v) is 13.7. The van der Waals surface area contributed by atoms with Crippen molar-refractivity contribution in [2.75, 3.05) is 29.9 Å². The van der Waals surface area contributed by atoms with E-state index < -0.39 is 0 Å². The molecule has 1 fully saturated rings. The second kappa shape index (κ2) is 7.68. The molecular weight excluding hydrogens is 304 g/mol. The summed E-state index contributed by atoms with van der Waals surface area (Å²) in [5.74, 6) is 1.63. The Labute approximate surface area is 141 Å². The summed E-state index contributed by atoms with van der Waals surface area (Å²) in [6, 6.07) is 13.2. The van der Waals surface area contributed by atoms with Gasteiger partial charge in [-0.1, -0.05) is 18.2 Å². The van der Waals surface area contributed by atoms with Crippen molar-refractivity contribution in [2.45, 2.75) is 19.4 Å². The van der Waals surface area contributed by atoms with Crippen molar-refractivity contribution >= 4 is 17.5 Å². The van der Waals surface area contributed by atoms with Gasteiger partial charge in [-0.15, -0.1) is 0 Å². The Bertz CT molecular complexity index is 678. The number of hydrogen-bond donors (Lipinski definition) is 2. The molecule has 2 aromatic rings. The van der Waals surface area contributed by atoms with E-state index in [-0.39, 0.29) is 12.1 Å². The Morgan fingerprint density at radius 3 is 2.92 bits per heavy atom. The quantitative estimate of drug-likeness (QED) is 0.887. The van der Waals surface area contributed by atoms with Crippen molar-refractivity contribution in [3.8, 4) is 5.75 Å². The van der Waals surface area contributed by atoms with Crippen LogP contribution in [-0.4, -0.2) is 36.8 Å². The minimum absolute atomic E-state index is 0.103. The van der Waals surface area contributed by atoms with Gasteiger partial charge in [-0.2, -0.15) is 0 Å². The fourth-order valence-corrected chi connectivity index (χ4v) is 2.82. The zero-order valence-electron chi connectivity index (χ0n) is 13.7. The second-order valence-corrected chi connectivity index (χ2v) is 5.65. The maximum atomic E-state index is 12.3. The van der Waals surface area contributed by atoms with Crippen molar-refractivity contribution in [2.24, 2.45) is 0 Å². The van der Waals surface area contributed by atoms with Crippen molar-refractivity contribution < 1.29 is 9.53 Å². The molecule has 6 nitrogen and oxygen atoms in total. The molecule has 1 saturated heterocycles. The van der Waals surface area contributed by atoms with Gasteiger partial charge in [-0.05, 0) is 37.6 Å². The molecule has 0 radical (unpaired) electrons. The molecule has 1 aliphatic rings. The standard InChI is InChI=1S/C18H22N4O2/c1-2-24-16-8-4-3-7-15(16)21-18(23)20-14-10-12-22(13-14)17-9-5-6-11-19-17/h3-9,11,14H,2,10,12-13H2,1H3,(H2,20,21,23). The first kappa shape index (κ1) is 16.1. The number of pyridine rings is 1. The molecule has 3 rings (SSSR count). The highest BCUT2D eigenvalue weighted by atomic mass is 16.5. The van der Waals surface area contributed by atoms with Gasteiger partial charge in [0.1, 0.15) is 11.6 Å². The number of carbonyl (C=O) groups excluding carboxylic acids is 1. The van der Waals surface area contributed by atoms with Crippen LogP contribution in [0.1, 0.15) is 13.3 Å². The van der Waals surface area contributed by atoms with Crippen LogP contribution in [0.4, 0.5) is 16.3 Å². The fourth-order valence-electron chi connectivity index (χ4n) is 2.82. The number of carbonyl (C=O) groups is 1. The molecule has 6 heteroatoms. The van der Waals surface area contributed by atoms with Gasteiger partial charge in [0.25, 0.3) is 0 Å². The van der Waals surface area contributed by atoms with E-state index in [1.54, 1.807) is 6.20 Å². The Morgan fingerprint density at radius 2 is 2.12 bits per heavy atom. The number of para-hydroxylation sites is 2. The van der Waals surface area contributed by atoms with E-state index in [0.29, 0.717) is 18.0 Å². The largest absolute Gasteiger partial charge is 0.492 e. The molecule has 24 heavy (non-hydrogen) atoms. The third-order valence-electron chi connectivity index (χ3n) is 3.93. The summed E-state index contributed by atoms with van der Waals surface area (Å²) >= 11 is 0. The summed E-state index contributed by atoms with van der Waals surface area (Å²) in [6.07, 6.45) is 2.69. The van der Waals surface area contributed by atoms with Crippen molar-refractivity contribution in [3.63, 3.8) is 0 Å². The van der Waals surface area contributed by atoms with Gasteiger partial charge < -0.3 is 20.3 Å². The number of nitrogens with one attached hydrogen (secondary N) is 2. The number of amides is 2. The Morgan fingerprint density at radius 1 is 1.29 bits per heavy atom. The van der Waals surface area contributed by atoms with E-state index in [9.17, 15) is 4.79 Å². The summed E-state index contributed by atoms with van der Waals surface area (Å²) in [7, 11) is 0. The van der Waals surface area contributed by atoms with E-state index in [4.69, 9.17) is 4.74 Å². The number of aromatic nitrogens is 1. The first-order valence-corrected chi connectivity index (χ1v) is 8.21. The second-order valence-electron chi connectivity index (χ2n) is 5.65. The molecule has 2 N–H and O–H groups in total. The highest BCUT2D eigenvalue weighted by Gasteiger charge is 2.24. The van der Waals surface area contributed by atoms with Crippen LogP contribution >= 0.6 is 0 Å². The van der Waals surface area contributed by atoms with Crippen LogP contribution in [0, 0.1) is 0 Å². The molecule has 0 spiro atoms. The molecular formula is C18H22N4O2. The lowest BCUT2D eigenvalue weighted by Crippen LogP contribution is -2.39. The summed E-state index contributed by atoms with van der Waals surface area (Å²) in [5, 5.41) is 5.89. The van der Waals surface area contributed by atoms with Crippen molar-refractivity contribution in [3.05, 3.63) is 48.7 Å². The Balaban J connectivity index is 1.55. The monoisotopic (exact) mass is 326 g/mol. The van der Waals surface area contributed by atoms with E-state index >= 15 is 0 Å². The third kappa shape index (κ3) is 3.95. The number of nitrogens with zero attached hydrogens (tertiary/aromatic N) is 2. The van der Waals surface area contributed by atoms with Crippen LogP contribution in [0.25, 0.3) is 0 Å². The molecule has 2 amide bonds. The van der Waals surface area contributed by atoms with Crippen molar-refractivity contribution in [1.82, 2.24) is 10.3 Å². The number of hydrogen-bond acceptors (Lipinski definition) is 4. The lowest BCUT2D eigenvalue weighted by Gasteiger charge is -2.18. The van der Waals surface area contributed by atoms with Gasteiger partial charge in [0.05, 0.1) is 12.3 Å². The molecule has 1 aliphatic heterocycles. The number of ether oxygens (including phenoxy) is 1. The van der Waals surface area contributed by atoms with Gasteiger partial charge in [0.2, 0.25) is 0 Å². The molecule has 2 heterocycles. The van der Waals surface area contributed by atoms with Gasteiger partial charge >= 0.3 is 6.03 Å². The highest BCUT2D eigenvalue weighted by molar-refractivity contribution is 5.91. The Kier molecular flexibility index (Phi) is 5.15. The lowest BCUT2D eigenvalue weighted by atomic mass is 10.2. The number of rotatable bonds is 5. The molecule has 126 valence electrons. The maximum Gasteiger partial charge on any atom is 0.319 e. The van der Waals surface area contributed by atoms with Gasteiger partial charge in [0.15, 0.2) is 0 Å². The number of urea groups is 1. The molecule has 1 atom stereocenters. The first-order chi connectivity index (χ1) is 11.8. The summed E-state index contributed by atoms with van der Waals surface area (Å²) < 4.78 is 5.52. The lowest BCUT2D eigenvalue weighted by molar-refractivity contribution is 0.249. The normalized spacial score (nSPS) is 16.7. The average molecular weight is 326 g/mol. The third-order valence-corrected chi connectivity index (χ3v) is 3.93. The molecule has 1 aromatic heterocycles. The molecule has 0 saturated carbocycles. The SMILES string of the molecule is CCOc1ccccc1NC(=O)NC1CCN(c2ccccn2)C1. The summed E-state index contributed by atoms with van der Waals surface area (Å²) in [5.41, 5.74) is 0.677. The van der Waals surface area contributed by atoms with Crippen LogP contribution in [0.15, 0.2) is 48.7 Å². The zero-order chi connectivity index (χ0) is 16.8. The molecule has 1 unspecified atom stereocenters. The van der Waals surface area contributed by atoms with Crippen LogP contribution in [-0.2, 0) is 0 Å². The average Bonchev–Trinajstić information content (AvgIpc) is 3.06. The van der Waals surface area contributed by atoms with E-state index in [2.05, 4.69) is 20.5 Å². The van der Waals surface area contributed by atoms with E-state index in [1.165, 1.54) is 0 Å². The van der Waals surface area contributed by atoms with E-state index in [1.807, 2.05) is 49.4 Å². The minimum atomic E-state index is -0.213. The van der Waals surface area contributed by atoms with Crippen molar-refractivity contribution in [1.29, 1.82) is 0 Å². The maximum absolute atomic E-state index is 12.3. The van der Waals surface area contributed by atoms with Crippen LogP contribution in [0.3, 0.4) is 0 Å². The predicted molar refractivity (Wildman–Crippen MR) is 94.6 cm³/mol. The first-order valence-electron chi connectivity index (χ1n) is 8.21. The van der Waals surface area contributed by atoms with Crippen LogP contribution in [0.2, 0.25) is 0 Å². The predicted octanol–water partition coefficient (Wildman–Crippen LogP) is 2.88. The topological polar surface area (TPSA) is 66.5 Å². The Hall–Kier alpha value is -2.76.